The van der Waals surface area contributed by atoms with Gasteiger partial charge in [-0.25, -0.2) is 8.42 Å². The van der Waals surface area contributed by atoms with Crippen molar-refractivity contribution in [1.29, 1.82) is 0 Å². The van der Waals surface area contributed by atoms with Crippen LogP contribution in [0.25, 0.3) is 0 Å². The molecular weight excluding hydrogens is 216 g/mol. The maximum Gasteiger partial charge on any atom is 0.153 e. The third kappa shape index (κ3) is 2.38. The van der Waals surface area contributed by atoms with Crippen LogP contribution in [-0.2, 0) is 23.3 Å². The van der Waals surface area contributed by atoms with Gasteiger partial charge in [-0.3, -0.25) is 4.68 Å². The molecule has 1 aliphatic rings. The van der Waals surface area contributed by atoms with Crippen molar-refractivity contribution in [3.8, 4) is 0 Å². The SMILES string of the molecule is Cn1cc(CC2(O)CCS(=O)(=O)C2)cn1. The Labute approximate surface area is 88.6 Å². The molecule has 0 radical (unpaired) electrons. The lowest BCUT2D eigenvalue weighted by molar-refractivity contribution is 0.0682. The molecule has 6 heteroatoms. The average molecular weight is 230 g/mol. The summed E-state index contributed by atoms with van der Waals surface area (Å²) in [5.74, 6) is -0.0430. The number of rotatable bonds is 2. The van der Waals surface area contributed by atoms with Gasteiger partial charge in [-0.1, -0.05) is 0 Å². The zero-order valence-corrected chi connectivity index (χ0v) is 9.37. The van der Waals surface area contributed by atoms with Crippen LogP contribution in [0.4, 0.5) is 0 Å². The highest BCUT2D eigenvalue weighted by Crippen LogP contribution is 2.26. The molecule has 1 aromatic heterocycles. The second-order valence-corrected chi connectivity index (χ2v) is 6.45. The van der Waals surface area contributed by atoms with Crippen molar-refractivity contribution in [3.63, 3.8) is 0 Å². The number of nitrogens with zero attached hydrogens (tertiary/aromatic N) is 2. The van der Waals surface area contributed by atoms with Gasteiger partial charge in [-0.2, -0.15) is 5.10 Å². The Morgan fingerprint density at radius 2 is 2.40 bits per heavy atom. The van der Waals surface area contributed by atoms with E-state index in [0.29, 0.717) is 12.8 Å². The van der Waals surface area contributed by atoms with Crippen LogP contribution in [0.1, 0.15) is 12.0 Å². The molecule has 0 aliphatic carbocycles. The van der Waals surface area contributed by atoms with E-state index < -0.39 is 15.4 Å². The van der Waals surface area contributed by atoms with Crippen LogP contribution in [0.5, 0.6) is 0 Å². The number of aromatic nitrogens is 2. The molecule has 0 saturated carbocycles. The monoisotopic (exact) mass is 230 g/mol. The van der Waals surface area contributed by atoms with E-state index in [1.807, 2.05) is 0 Å². The highest BCUT2D eigenvalue weighted by atomic mass is 32.2. The second-order valence-electron chi connectivity index (χ2n) is 4.27. The summed E-state index contributed by atoms with van der Waals surface area (Å²) in [5.41, 5.74) is -0.223. The van der Waals surface area contributed by atoms with Gasteiger partial charge in [0.15, 0.2) is 9.84 Å². The Morgan fingerprint density at radius 3 is 2.87 bits per heavy atom. The minimum absolute atomic E-state index is 0.0871. The van der Waals surface area contributed by atoms with Gasteiger partial charge < -0.3 is 5.11 Å². The molecule has 2 heterocycles. The van der Waals surface area contributed by atoms with Gasteiger partial charge in [-0.15, -0.1) is 0 Å². The maximum absolute atomic E-state index is 11.3. The van der Waals surface area contributed by atoms with E-state index in [0.717, 1.165) is 5.56 Å². The molecule has 0 spiro atoms. The van der Waals surface area contributed by atoms with Crippen molar-refractivity contribution in [2.75, 3.05) is 11.5 Å². The van der Waals surface area contributed by atoms with Crippen LogP contribution in [0.3, 0.4) is 0 Å². The average Bonchev–Trinajstić information content (AvgIpc) is 2.57. The number of sulfone groups is 1. The summed E-state index contributed by atoms with van der Waals surface area (Å²) in [4.78, 5) is 0. The summed E-state index contributed by atoms with van der Waals surface area (Å²) in [6, 6.07) is 0. The van der Waals surface area contributed by atoms with Crippen molar-refractivity contribution in [2.45, 2.75) is 18.4 Å². The van der Waals surface area contributed by atoms with E-state index in [2.05, 4.69) is 5.10 Å². The molecule has 1 unspecified atom stereocenters. The molecule has 84 valence electrons. The quantitative estimate of drug-likeness (QED) is 0.744. The molecular formula is C9H14N2O3S. The van der Waals surface area contributed by atoms with E-state index >= 15 is 0 Å². The van der Waals surface area contributed by atoms with Crippen molar-refractivity contribution >= 4 is 9.84 Å². The highest BCUT2D eigenvalue weighted by molar-refractivity contribution is 7.91. The molecule has 1 aromatic rings. The number of aryl methyl sites for hydroxylation is 1. The third-order valence-corrected chi connectivity index (χ3v) is 4.46. The number of hydrogen-bond acceptors (Lipinski definition) is 4. The zero-order chi connectivity index (χ0) is 11.1. The molecule has 1 fully saturated rings. The minimum atomic E-state index is -3.04. The fourth-order valence-corrected chi connectivity index (χ4v) is 3.88. The van der Waals surface area contributed by atoms with Crippen LogP contribution in [0.2, 0.25) is 0 Å². The molecule has 0 amide bonds. The lowest BCUT2D eigenvalue weighted by Gasteiger charge is -2.19. The van der Waals surface area contributed by atoms with Crippen molar-refractivity contribution in [1.82, 2.24) is 9.78 Å². The van der Waals surface area contributed by atoms with Gasteiger partial charge >= 0.3 is 0 Å². The summed E-state index contributed by atoms with van der Waals surface area (Å²) < 4.78 is 24.2. The van der Waals surface area contributed by atoms with Crippen molar-refractivity contribution in [3.05, 3.63) is 18.0 Å². The summed E-state index contributed by atoms with van der Waals surface area (Å²) in [5, 5.41) is 14.1. The molecule has 1 aliphatic heterocycles. The zero-order valence-electron chi connectivity index (χ0n) is 8.55. The smallest absolute Gasteiger partial charge is 0.153 e. The number of hydrogen-bond donors (Lipinski definition) is 1. The normalized spacial score (nSPS) is 29.5. The minimum Gasteiger partial charge on any atom is -0.388 e. The third-order valence-electron chi connectivity index (χ3n) is 2.66. The summed E-state index contributed by atoms with van der Waals surface area (Å²) in [6.07, 6.45) is 4.14. The van der Waals surface area contributed by atoms with Crippen LogP contribution >= 0.6 is 0 Å². The topological polar surface area (TPSA) is 72.2 Å². The van der Waals surface area contributed by atoms with Gasteiger partial charge in [0.05, 0.1) is 23.3 Å². The van der Waals surface area contributed by atoms with Crippen LogP contribution in [-0.4, -0.2) is 40.4 Å². The highest BCUT2D eigenvalue weighted by Gasteiger charge is 2.40. The van der Waals surface area contributed by atoms with E-state index in [4.69, 9.17) is 0 Å². The van der Waals surface area contributed by atoms with Gasteiger partial charge in [0.25, 0.3) is 0 Å². The Balaban J connectivity index is 2.13. The first-order valence-electron chi connectivity index (χ1n) is 4.79. The van der Waals surface area contributed by atoms with Gasteiger partial charge in [-0.05, 0) is 12.0 Å². The Hall–Kier alpha value is -0.880. The molecule has 15 heavy (non-hydrogen) atoms. The first-order chi connectivity index (χ1) is 6.89. The lowest BCUT2D eigenvalue weighted by Crippen LogP contribution is -2.32. The molecule has 0 aromatic carbocycles. The molecule has 5 nitrogen and oxygen atoms in total. The first-order valence-corrected chi connectivity index (χ1v) is 6.61. The van der Waals surface area contributed by atoms with E-state index in [1.165, 1.54) is 0 Å². The fraction of sp³-hybridized carbons (Fsp3) is 0.667. The van der Waals surface area contributed by atoms with Crippen molar-refractivity contribution in [2.24, 2.45) is 7.05 Å². The van der Waals surface area contributed by atoms with Gasteiger partial charge in [0.1, 0.15) is 0 Å². The second kappa shape index (κ2) is 3.31. The summed E-state index contributed by atoms with van der Waals surface area (Å²) >= 11 is 0. The first kappa shape index (κ1) is 10.6. The summed E-state index contributed by atoms with van der Waals surface area (Å²) in [6.45, 7) is 0. The van der Waals surface area contributed by atoms with E-state index in [1.54, 1.807) is 24.1 Å². The van der Waals surface area contributed by atoms with Crippen LogP contribution in [0.15, 0.2) is 12.4 Å². The maximum atomic E-state index is 11.3. The molecule has 2 rings (SSSR count). The lowest BCUT2D eigenvalue weighted by atomic mass is 9.96. The van der Waals surface area contributed by atoms with Crippen LogP contribution < -0.4 is 0 Å². The summed E-state index contributed by atoms with van der Waals surface area (Å²) in [7, 11) is -1.25. The molecule has 0 bridgehead atoms. The Kier molecular flexibility index (Phi) is 2.35. The van der Waals surface area contributed by atoms with Gasteiger partial charge in [0.2, 0.25) is 0 Å². The predicted molar refractivity (Wildman–Crippen MR) is 55.1 cm³/mol. The largest absolute Gasteiger partial charge is 0.388 e. The fourth-order valence-electron chi connectivity index (χ4n) is 1.98. The molecule has 1 N–H and O–H groups in total. The van der Waals surface area contributed by atoms with Crippen molar-refractivity contribution < 1.29 is 13.5 Å². The number of aliphatic hydroxyl groups is 1. The Morgan fingerprint density at radius 1 is 1.67 bits per heavy atom. The molecule has 1 atom stereocenters. The van der Waals surface area contributed by atoms with E-state index in [9.17, 15) is 13.5 Å². The Bertz CT molecular complexity index is 465. The standard InChI is InChI=1S/C9H14N2O3S/c1-11-6-8(5-10-11)4-9(12)2-3-15(13,14)7-9/h5-6,12H,2-4,7H2,1H3. The molecule has 1 saturated heterocycles. The van der Waals surface area contributed by atoms with Crippen LogP contribution in [0, 0.1) is 0 Å². The van der Waals surface area contributed by atoms with Gasteiger partial charge in [0, 0.05) is 19.7 Å². The van der Waals surface area contributed by atoms with E-state index in [-0.39, 0.29) is 11.5 Å². The predicted octanol–water partition coefficient (Wildman–Crippen LogP) is -0.488.